The Morgan fingerprint density at radius 1 is 1.07 bits per heavy atom. The molecule has 0 heterocycles. The van der Waals surface area contributed by atoms with Gasteiger partial charge in [-0.25, -0.2) is 5.43 Å². The van der Waals surface area contributed by atoms with Crippen molar-refractivity contribution >= 4 is 28.1 Å². The molecule has 2 rings (SSSR count). The van der Waals surface area contributed by atoms with E-state index < -0.39 is 0 Å². The van der Waals surface area contributed by atoms with Crippen LogP contribution < -0.4 is 19.6 Å². The summed E-state index contributed by atoms with van der Waals surface area (Å²) in [6.45, 7) is 6.15. The third-order valence-corrected chi connectivity index (χ3v) is 4.41. The molecule has 6 nitrogen and oxygen atoms in total. The van der Waals surface area contributed by atoms with Gasteiger partial charge in [0.1, 0.15) is 5.75 Å². The average molecular weight is 449 g/mol. The van der Waals surface area contributed by atoms with E-state index in [9.17, 15) is 4.79 Å². The van der Waals surface area contributed by atoms with Gasteiger partial charge in [0, 0.05) is 10.0 Å². The highest BCUT2D eigenvalue weighted by molar-refractivity contribution is 9.10. The molecule has 0 unspecified atom stereocenters. The van der Waals surface area contributed by atoms with Gasteiger partial charge in [-0.2, -0.15) is 5.10 Å². The molecule has 1 amide bonds. The Morgan fingerprint density at radius 2 is 1.75 bits per heavy atom. The van der Waals surface area contributed by atoms with E-state index in [0.29, 0.717) is 17.2 Å². The lowest BCUT2D eigenvalue weighted by molar-refractivity contribution is -0.123. The maximum Gasteiger partial charge on any atom is 0.277 e. The van der Waals surface area contributed by atoms with Crippen molar-refractivity contribution < 1.29 is 19.0 Å². The Labute approximate surface area is 174 Å². The second-order valence-corrected chi connectivity index (χ2v) is 8.00. The van der Waals surface area contributed by atoms with Gasteiger partial charge in [0.05, 0.1) is 20.4 Å². The van der Waals surface area contributed by atoms with Crippen molar-refractivity contribution in [3.05, 3.63) is 52.0 Å². The zero-order chi connectivity index (χ0) is 20.7. The van der Waals surface area contributed by atoms with E-state index in [1.807, 2.05) is 24.3 Å². The minimum atomic E-state index is -0.348. The number of benzene rings is 2. The zero-order valence-corrected chi connectivity index (χ0v) is 18.3. The Balaban J connectivity index is 1.96. The largest absolute Gasteiger partial charge is 0.493 e. The topological polar surface area (TPSA) is 69.2 Å². The van der Waals surface area contributed by atoms with E-state index in [2.05, 4.69) is 47.2 Å². The zero-order valence-electron chi connectivity index (χ0n) is 16.7. The summed E-state index contributed by atoms with van der Waals surface area (Å²) in [5.41, 5.74) is 4.13. The number of rotatable bonds is 7. The number of hydrazone groups is 1. The number of nitrogens with zero attached hydrogens (tertiary/aromatic N) is 1. The van der Waals surface area contributed by atoms with Crippen molar-refractivity contribution in [1.82, 2.24) is 5.43 Å². The molecule has 0 aliphatic carbocycles. The smallest absolute Gasteiger partial charge is 0.277 e. The fourth-order valence-corrected chi connectivity index (χ4v) is 2.86. The molecule has 7 heteroatoms. The number of ether oxygens (including phenoxy) is 3. The number of methoxy groups -OCH3 is 2. The molecule has 2 aromatic carbocycles. The predicted molar refractivity (Wildman–Crippen MR) is 114 cm³/mol. The van der Waals surface area contributed by atoms with E-state index in [0.717, 1.165) is 15.6 Å². The lowest BCUT2D eigenvalue weighted by Gasteiger charge is -2.23. The number of amides is 1. The van der Waals surface area contributed by atoms with Crippen LogP contribution in [0.15, 0.2) is 46.0 Å². The number of nitrogens with one attached hydrogen (secondary N) is 1. The summed E-state index contributed by atoms with van der Waals surface area (Å²) >= 11 is 3.47. The molecule has 0 saturated carbocycles. The van der Waals surface area contributed by atoms with Gasteiger partial charge in [-0.1, -0.05) is 36.7 Å². The molecule has 2 aromatic rings. The van der Waals surface area contributed by atoms with Crippen LogP contribution >= 0.6 is 15.9 Å². The van der Waals surface area contributed by atoms with E-state index in [4.69, 9.17) is 14.2 Å². The predicted octanol–water partition coefficient (Wildman–Crippen LogP) is 4.29. The molecule has 0 atom stereocenters. The Bertz CT molecular complexity index is 860. The number of carbonyl (C=O) groups is 1. The van der Waals surface area contributed by atoms with Crippen LogP contribution in [0.2, 0.25) is 0 Å². The summed E-state index contributed by atoms with van der Waals surface area (Å²) in [5.74, 6) is 1.54. The first-order valence-corrected chi connectivity index (χ1v) is 9.50. The van der Waals surface area contributed by atoms with Crippen molar-refractivity contribution in [2.75, 3.05) is 20.8 Å². The van der Waals surface area contributed by atoms with Gasteiger partial charge < -0.3 is 14.2 Å². The molecule has 28 heavy (non-hydrogen) atoms. The molecular weight excluding hydrogens is 424 g/mol. The highest BCUT2D eigenvalue weighted by atomic mass is 79.9. The lowest BCUT2D eigenvalue weighted by atomic mass is 9.86. The monoisotopic (exact) mass is 448 g/mol. The normalized spacial score (nSPS) is 11.4. The summed E-state index contributed by atoms with van der Waals surface area (Å²) in [5, 5.41) is 3.96. The molecule has 0 fully saturated rings. The molecule has 0 bridgehead atoms. The second-order valence-electron chi connectivity index (χ2n) is 7.09. The van der Waals surface area contributed by atoms with E-state index >= 15 is 0 Å². The molecule has 0 spiro atoms. The van der Waals surface area contributed by atoms with Gasteiger partial charge in [0.25, 0.3) is 5.91 Å². The molecular formula is C21H25BrN2O4. The molecule has 0 aromatic heterocycles. The van der Waals surface area contributed by atoms with Gasteiger partial charge in [-0.05, 0) is 47.4 Å². The van der Waals surface area contributed by atoms with Gasteiger partial charge >= 0.3 is 0 Å². The number of hydrogen-bond acceptors (Lipinski definition) is 5. The van der Waals surface area contributed by atoms with E-state index in [1.54, 1.807) is 26.4 Å². The fraction of sp³-hybridized carbons (Fsp3) is 0.333. The first-order chi connectivity index (χ1) is 13.2. The minimum Gasteiger partial charge on any atom is -0.493 e. The highest BCUT2D eigenvalue weighted by Crippen LogP contribution is 2.33. The number of hydrogen-bond donors (Lipinski definition) is 1. The summed E-state index contributed by atoms with van der Waals surface area (Å²) in [7, 11) is 3.13. The van der Waals surface area contributed by atoms with Gasteiger partial charge in [-0.15, -0.1) is 0 Å². The van der Waals surface area contributed by atoms with Crippen molar-refractivity contribution in [3.63, 3.8) is 0 Å². The van der Waals surface area contributed by atoms with Crippen LogP contribution in [0.3, 0.4) is 0 Å². The van der Waals surface area contributed by atoms with Gasteiger partial charge in [0.2, 0.25) is 0 Å². The van der Waals surface area contributed by atoms with Crippen LogP contribution in [-0.4, -0.2) is 32.9 Å². The van der Waals surface area contributed by atoms with Gasteiger partial charge in [-0.3, -0.25) is 4.79 Å². The van der Waals surface area contributed by atoms with Crippen molar-refractivity contribution in [1.29, 1.82) is 0 Å². The van der Waals surface area contributed by atoms with Crippen LogP contribution in [0.1, 0.15) is 31.9 Å². The van der Waals surface area contributed by atoms with Crippen molar-refractivity contribution in [3.8, 4) is 17.2 Å². The summed E-state index contributed by atoms with van der Waals surface area (Å²) in [6, 6.07) is 11.1. The highest BCUT2D eigenvalue weighted by Gasteiger charge is 2.20. The molecule has 150 valence electrons. The minimum absolute atomic E-state index is 0.110. The van der Waals surface area contributed by atoms with Crippen LogP contribution in [0.4, 0.5) is 0 Å². The first kappa shape index (κ1) is 21.8. The molecule has 1 N–H and O–H groups in total. The molecule has 0 radical (unpaired) electrons. The standard InChI is InChI=1S/C21H25BrN2O4/c1-21(2,3)16-11-15(22)7-9-17(16)28-13-20(25)24-23-12-14-6-8-18(26-4)19(10-14)27-5/h6-12H,13H2,1-5H3,(H,24,25)/b23-12+. The van der Waals surface area contributed by atoms with Crippen LogP contribution in [-0.2, 0) is 10.2 Å². The number of halogens is 1. The third kappa shape index (κ3) is 5.99. The second kappa shape index (κ2) is 9.59. The summed E-state index contributed by atoms with van der Waals surface area (Å²) < 4.78 is 17.1. The molecule has 0 aliphatic heterocycles. The maximum atomic E-state index is 12.1. The SMILES string of the molecule is COc1ccc(/C=N/NC(=O)COc2ccc(Br)cc2C(C)(C)C)cc1OC. The van der Waals surface area contributed by atoms with Crippen LogP contribution in [0.5, 0.6) is 17.2 Å². The third-order valence-electron chi connectivity index (χ3n) is 3.92. The Morgan fingerprint density at radius 3 is 2.39 bits per heavy atom. The first-order valence-electron chi connectivity index (χ1n) is 8.71. The van der Waals surface area contributed by atoms with E-state index in [-0.39, 0.29) is 17.9 Å². The Hall–Kier alpha value is -2.54. The van der Waals surface area contributed by atoms with Crippen LogP contribution in [0.25, 0.3) is 0 Å². The quantitative estimate of drug-likeness (QED) is 0.506. The van der Waals surface area contributed by atoms with Crippen molar-refractivity contribution in [2.24, 2.45) is 5.10 Å². The molecule has 0 aliphatic rings. The fourth-order valence-electron chi connectivity index (χ4n) is 2.50. The summed E-state index contributed by atoms with van der Waals surface area (Å²) in [6.07, 6.45) is 1.53. The number of carbonyl (C=O) groups excluding carboxylic acids is 1. The van der Waals surface area contributed by atoms with Gasteiger partial charge in [0.15, 0.2) is 18.1 Å². The maximum absolute atomic E-state index is 12.1. The summed E-state index contributed by atoms with van der Waals surface area (Å²) in [4.78, 5) is 12.1. The lowest BCUT2D eigenvalue weighted by Crippen LogP contribution is -2.25. The average Bonchev–Trinajstić information content (AvgIpc) is 2.66. The van der Waals surface area contributed by atoms with Crippen molar-refractivity contribution in [2.45, 2.75) is 26.2 Å². The Kier molecular flexibility index (Phi) is 7.45. The van der Waals surface area contributed by atoms with Crippen LogP contribution in [0, 0.1) is 0 Å². The van der Waals surface area contributed by atoms with E-state index in [1.165, 1.54) is 6.21 Å². The molecule has 0 saturated heterocycles.